The standard InChI is InChI=1S/C8H15N3/c1-8-4-7-11(10-8)6-3-2-5-9/h4,7H,2-3,5-6,9H2,1H3. The third-order valence-corrected chi connectivity index (χ3v) is 1.62. The second-order valence-electron chi connectivity index (χ2n) is 2.72. The number of unbranched alkanes of at least 4 members (excludes halogenated alkanes) is 1. The third-order valence-electron chi connectivity index (χ3n) is 1.62. The predicted molar refractivity (Wildman–Crippen MR) is 45.3 cm³/mol. The Morgan fingerprint density at radius 1 is 1.55 bits per heavy atom. The molecule has 0 aliphatic rings. The molecular weight excluding hydrogens is 138 g/mol. The maximum Gasteiger partial charge on any atom is 0.0593 e. The van der Waals surface area contributed by atoms with Crippen LogP contribution in [0, 0.1) is 6.92 Å². The molecule has 1 aromatic rings. The van der Waals surface area contributed by atoms with Crippen LogP contribution in [-0.4, -0.2) is 16.3 Å². The molecule has 0 unspecified atom stereocenters. The summed E-state index contributed by atoms with van der Waals surface area (Å²) in [6, 6.07) is 2.02. The highest BCUT2D eigenvalue weighted by Crippen LogP contribution is 1.95. The minimum atomic E-state index is 0.778. The van der Waals surface area contributed by atoms with E-state index in [0.29, 0.717) is 0 Å². The van der Waals surface area contributed by atoms with E-state index >= 15 is 0 Å². The number of hydrogen-bond acceptors (Lipinski definition) is 2. The lowest BCUT2D eigenvalue weighted by molar-refractivity contribution is 0.558. The first-order chi connectivity index (χ1) is 5.33. The molecule has 0 radical (unpaired) electrons. The Balaban J connectivity index is 2.27. The molecule has 0 atom stereocenters. The normalized spacial score (nSPS) is 10.4. The van der Waals surface area contributed by atoms with E-state index in [0.717, 1.165) is 31.6 Å². The number of nitrogens with two attached hydrogens (primary N) is 1. The molecule has 1 rings (SSSR count). The van der Waals surface area contributed by atoms with Crippen LogP contribution in [0.5, 0.6) is 0 Å². The molecule has 11 heavy (non-hydrogen) atoms. The van der Waals surface area contributed by atoms with Gasteiger partial charge >= 0.3 is 0 Å². The Labute approximate surface area is 67.2 Å². The lowest BCUT2D eigenvalue weighted by atomic mass is 10.3. The molecule has 0 spiro atoms. The van der Waals surface area contributed by atoms with Gasteiger partial charge in [-0.25, -0.2) is 0 Å². The van der Waals surface area contributed by atoms with E-state index in [2.05, 4.69) is 5.10 Å². The summed E-state index contributed by atoms with van der Waals surface area (Å²) in [6.07, 6.45) is 4.21. The van der Waals surface area contributed by atoms with Gasteiger partial charge in [0.05, 0.1) is 5.69 Å². The van der Waals surface area contributed by atoms with Crippen molar-refractivity contribution in [2.75, 3.05) is 6.54 Å². The topological polar surface area (TPSA) is 43.8 Å². The zero-order chi connectivity index (χ0) is 8.10. The molecule has 0 aliphatic carbocycles. The highest BCUT2D eigenvalue weighted by atomic mass is 15.3. The minimum absolute atomic E-state index is 0.778. The first-order valence-electron chi connectivity index (χ1n) is 4.03. The maximum atomic E-state index is 5.37. The van der Waals surface area contributed by atoms with Gasteiger partial charge in [0.2, 0.25) is 0 Å². The molecular formula is C8H15N3. The summed E-state index contributed by atoms with van der Waals surface area (Å²) in [7, 11) is 0. The fourth-order valence-electron chi connectivity index (χ4n) is 1.01. The van der Waals surface area contributed by atoms with Gasteiger partial charge in [-0.3, -0.25) is 4.68 Å². The van der Waals surface area contributed by atoms with Crippen LogP contribution in [0.3, 0.4) is 0 Å². The van der Waals surface area contributed by atoms with E-state index in [4.69, 9.17) is 5.73 Å². The van der Waals surface area contributed by atoms with E-state index in [-0.39, 0.29) is 0 Å². The molecule has 0 bridgehead atoms. The number of nitrogens with zero attached hydrogens (tertiary/aromatic N) is 2. The third kappa shape index (κ3) is 2.72. The van der Waals surface area contributed by atoms with E-state index < -0.39 is 0 Å². The van der Waals surface area contributed by atoms with Gasteiger partial charge in [-0.1, -0.05) is 0 Å². The molecule has 0 saturated heterocycles. The first-order valence-corrected chi connectivity index (χ1v) is 4.03. The van der Waals surface area contributed by atoms with Crippen LogP contribution in [0.25, 0.3) is 0 Å². The highest BCUT2D eigenvalue weighted by Gasteiger charge is 1.92. The highest BCUT2D eigenvalue weighted by molar-refractivity contribution is 4.94. The molecule has 0 aromatic carbocycles. The van der Waals surface area contributed by atoms with Crippen molar-refractivity contribution in [3.05, 3.63) is 18.0 Å². The Morgan fingerprint density at radius 3 is 2.91 bits per heavy atom. The summed E-state index contributed by atoms with van der Waals surface area (Å²) in [5.41, 5.74) is 6.45. The van der Waals surface area contributed by atoms with Crippen LogP contribution in [0.2, 0.25) is 0 Å². The van der Waals surface area contributed by atoms with Gasteiger partial charge in [0.15, 0.2) is 0 Å². The Hall–Kier alpha value is -0.830. The summed E-state index contributed by atoms with van der Waals surface area (Å²) in [5, 5.41) is 4.26. The van der Waals surface area contributed by atoms with Crippen LogP contribution in [0.15, 0.2) is 12.3 Å². The predicted octanol–water partition coefficient (Wildman–Crippen LogP) is 0.930. The quantitative estimate of drug-likeness (QED) is 0.654. The van der Waals surface area contributed by atoms with Gasteiger partial charge in [0, 0.05) is 12.7 Å². The van der Waals surface area contributed by atoms with Crippen molar-refractivity contribution in [1.29, 1.82) is 0 Å². The summed E-state index contributed by atoms with van der Waals surface area (Å²) in [6.45, 7) is 3.77. The van der Waals surface area contributed by atoms with Crippen molar-refractivity contribution in [3.8, 4) is 0 Å². The molecule has 1 aromatic heterocycles. The first kappa shape index (κ1) is 8.27. The SMILES string of the molecule is Cc1ccn(CCCCN)n1. The van der Waals surface area contributed by atoms with Gasteiger partial charge in [-0.2, -0.15) is 5.10 Å². The van der Waals surface area contributed by atoms with Gasteiger partial charge in [0.1, 0.15) is 0 Å². The molecule has 0 fully saturated rings. The summed E-state index contributed by atoms with van der Waals surface area (Å²) in [5.74, 6) is 0. The van der Waals surface area contributed by atoms with E-state index in [1.165, 1.54) is 0 Å². The summed E-state index contributed by atoms with van der Waals surface area (Å²) in [4.78, 5) is 0. The van der Waals surface area contributed by atoms with Gasteiger partial charge < -0.3 is 5.73 Å². The fourth-order valence-corrected chi connectivity index (χ4v) is 1.01. The Bertz CT molecular complexity index is 205. The summed E-state index contributed by atoms with van der Waals surface area (Å²) >= 11 is 0. The van der Waals surface area contributed by atoms with Crippen molar-refractivity contribution in [2.24, 2.45) is 5.73 Å². The average molecular weight is 153 g/mol. The van der Waals surface area contributed by atoms with Crippen LogP contribution in [0.1, 0.15) is 18.5 Å². The van der Waals surface area contributed by atoms with Crippen molar-refractivity contribution >= 4 is 0 Å². The van der Waals surface area contributed by atoms with E-state index in [9.17, 15) is 0 Å². The second kappa shape index (κ2) is 4.13. The van der Waals surface area contributed by atoms with Gasteiger partial charge in [0.25, 0.3) is 0 Å². The van der Waals surface area contributed by atoms with Gasteiger partial charge in [-0.15, -0.1) is 0 Å². The molecule has 3 nitrogen and oxygen atoms in total. The van der Waals surface area contributed by atoms with Crippen molar-refractivity contribution < 1.29 is 0 Å². The lowest BCUT2D eigenvalue weighted by Gasteiger charge is -1.98. The molecule has 3 heteroatoms. The number of aryl methyl sites for hydroxylation is 2. The largest absolute Gasteiger partial charge is 0.330 e. The number of rotatable bonds is 4. The molecule has 1 heterocycles. The van der Waals surface area contributed by atoms with Crippen LogP contribution < -0.4 is 5.73 Å². The van der Waals surface area contributed by atoms with E-state index in [1.54, 1.807) is 0 Å². The zero-order valence-corrected chi connectivity index (χ0v) is 6.95. The van der Waals surface area contributed by atoms with Crippen molar-refractivity contribution in [1.82, 2.24) is 9.78 Å². The Morgan fingerprint density at radius 2 is 2.36 bits per heavy atom. The van der Waals surface area contributed by atoms with Crippen LogP contribution in [-0.2, 0) is 6.54 Å². The monoisotopic (exact) mass is 153 g/mol. The molecule has 0 amide bonds. The van der Waals surface area contributed by atoms with Crippen molar-refractivity contribution in [2.45, 2.75) is 26.3 Å². The van der Waals surface area contributed by atoms with Crippen molar-refractivity contribution in [3.63, 3.8) is 0 Å². The second-order valence-corrected chi connectivity index (χ2v) is 2.72. The summed E-state index contributed by atoms with van der Waals surface area (Å²) < 4.78 is 1.96. The molecule has 2 N–H and O–H groups in total. The molecule has 62 valence electrons. The maximum absolute atomic E-state index is 5.37. The smallest absolute Gasteiger partial charge is 0.0593 e. The molecule has 0 aliphatic heterocycles. The molecule has 0 saturated carbocycles. The van der Waals surface area contributed by atoms with E-state index in [1.807, 2.05) is 23.9 Å². The minimum Gasteiger partial charge on any atom is -0.330 e. The number of hydrogen-bond donors (Lipinski definition) is 1. The Kier molecular flexibility index (Phi) is 3.11. The zero-order valence-electron chi connectivity index (χ0n) is 6.95. The van der Waals surface area contributed by atoms with Gasteiger partial charge in [-0.05, 0) is 32.4 Å². The lowest BCUT2D eigenvalue weighted by Crippen LogP contribution is -2.03. The fraction of sp³-hybridized carbons (Fsp3) is 0.625. The van der Waals surface area contributed by atoms with Crippen LogP contribution >= 0.6 is 0 Å². The number of aromatic nitrogens is 2. The van der Waals surface area contributed by atoms with Crippen LogP contribution in [0.4, 0.5) is 0 Å². The average Bonchev–Trinajstić information content (AvgIpc) is 2.37.